The first kappa shape index (κ1) is 13.0. The number of nitrogen functional groups attached to an aromatic ring is 1. The van der Waals surface area contributed by atoms with E-state index in [0.717, 1.165) is 6.20 Å². The van der Waals surface area contributed by atoms with Crippen molar-refractivity contribution in [2.75, 3.05) is 5.73 Å². The van der Waals surface area contributed by atoms with Crippen molar-refractivity contribution in [3.05, 3.63) is 42.1 Å². The first-order valence-corrected chi connectivity index (χ1v) is 5.19. The summed E-state index contributed by atoms with van der Waals surface area (Å²) in [5.74, 6) is -2.19. The number of carbonyl (C=O) groups is 1. The molecule has 0 aliphatic carbocycles. The van der Waals surface area contributed by atoms with Gasteiger partial charge in [-0.05, 0) is 0 Å². The molecule has 0 unspecified atom stereocenters. The monoisotopic (exact) mass is 267 g/mol. The molecule has 7 heteroatoms. The van der Waals surface area contributed by atoms with Crippen molar-refractivity contribution < 1.29 is 18.0 Å². The molecule has 0 spiro atoms. The topological polar surface area (TPSA) is 68.9 Å². The fourth-order valence-electron chi connectivity index (χ4n) is 1.53. The molecule has 1 heterocycles. The SMILES string of the molecule is Nc1ncc(C(=O)C(F)(F)F)c(-c2ccccc2)n1. The number of benzene rings is 1. The first-order valence-electron chi connectivity index (χ1n) is 5.19. The van der Waals surface area contributed by atoms with Crippen molar-refractivity contribution >= 4 is 11.7 Å². The van der Waals surface area contributed by atoms with Gasteiger partial charge in [0.25, 0.3) is 5.78 Å². The Morgan fingerprint density at radius 2 is 1.79 bits per heavy atom. The molecular formula is C12H8F3N3O. The van der Waals surface area contributed by atoms with E-state index in [4.69, 9.17) is 5.73 Å². The van der Waals surface area contributed by atoms with E-state index < -0.39 is 17.5 Å². The average molecular weight is 267 g/mol. The molecule has 98 valence electrons. The Morgan fingerprint density at radius 3 is 2.37 bits per heavy atom. The number of nitrogens with zero attached hydrogens (tertiary/aromatic N) is 2. The number of hydrogen-bond donors (Lipinski definition) is 1. The number of anilines is 1. The molecular weight excluding hydrogens is 259 g/mol. The van der Waals surface area contributed by atoms with Crippen LogP contribution in [0.1, 0.15) is 10.4 Å². The van der Waals surface area contributed by atoms with Gasteiger partial charge in [-0.3, -0.25) is 4.79 Å². The second kappa shape index (κ2) is 4.68. The third-order valence-electron chi connectivity index (χ3n) is 2.36. The van der Waals surface area contributed by atoms with Gasteiger partial charge in [-0.2, -0.15) is 13.2 Å². The van der Waals surface area contributed by atoms with Crippen LogP contribution in [0.25, 0.3) is 11.3 Å². The van der Waals surface area contributed by atoms with Crippen LogP contribution >= 0.6 is 0 Å². The zero-order chi connectivity index (χ0) is 14.0. The van der Waals surface area contributed by atoms with Crippen LogP contribution in [0.5, 0.6) is 0 Å². The number of rotatable bonds is 2. The molecule has 19 heavy (non-hydrogen) atoms. The number of aromatic nitrogens is 2. The Hall–Kier alpha value is -2.44. The van der Waals surface area contributed by atoms with Crippen LogP contribution in [0.3, 0.4) is 0 Å². The molecule has 4 nitrogen and oxygen atoms in total. The second-order valence-electron chi connectivity index (χ2n) is 3.68. The van der Waals surface area contributed by atoms with Gasteiger partial charge in [0.2, 0.25) is 5.95 Å². The number of Topliss-reactive ketones (excluding diaryl/α,β-unsaturated/α-hetero) is 1. The third kappa shape index (κ3) is 2.70. The maximum Gasteiger partial charge on any atom is 0.455 e. The summed E-state index contributed by atoms with van der Waals surface area (Å²) >= 11 is 0. The molecule has 0 bridgehead atoms. The number of carbonyl (C=O) groups excluding carboxylic acids is 1. The highest BCUT2D eigenvalue weighted by Crippen LogP contribution is 2.28. The molecule has 0 aliphatic heterocycles. The molecule has 0 saturated carbocycles. The van der Waals surface area contributed by atoms with E-state index >= 15 is 0 Å². The third-order valence-corrected chi connectivity index (χ3v) is 2.36. The zero-order valence-corrected chi connectivity index (χ0v) is 9.48. The quantitative estimate of drug-likeness (QED) is 0.848. The smallest absolute Gasteiger partial charge is 0.368 e. The van der Waals surface area contributed by atoms with Gasteiger partial charge in [0.15, 0.2) is 0 Å². The Bertz CT molecular complexity index is 611. The number of alkyl halides is 3. The Labute approximate surface area is 106 Å². The Morgan fingerprint density at radius 1 is 1.16 bits per heavy atom. The predicted molar refractivity (Wildman–Crippen MR) is 62.3 cm³/mol. The van der Waals surface area contributed by atoms with Crippen LogP contribution in [0.4, 0.5) is 19.1 Å². The first-order chi connectivity index (χ1) is 8.89. The molecule has 0 saturated heterocycles. The number of halogens is 3. The standard InChI is InChI=1S/C12H8F3N3O/c13-12(14,15)10(19)8-6-17-11(16)18-9(8)7-4-2-1-3-5-7/h1-6H,(H2,16,17,18). The molecule has 0 atom stereocenters. The summed E-state index contributed by atoms with van der Waals surface area (Å²) < 4.78 is 37.5. The minimum absolute atomic E-state index is 0.129. The molecule has 2 rings (SSSR count). The lowest BCUT2D eigenvalue weighted by molar-refractivity contribution is -0.0885. The molecule has 0 fully saturated rings. The van der Waals surface area contributed by atoms with Crippen molar-refractivity contribution in [3.63, 3.8) is 0 Å². The molecule has 2 N–H and O–H groups in total. The van der Waals surface area contributed by atoms with Crippen molar-refractivity contribution in [1.29, 1.82) is 0 Å². The summed E-state index contributed by atoms with van der Waals surface area (Å²) in [5.41, 5.74) is 4.98. The van der Waals surface area contributed by atoms with E-state index in [2.05, 4.69) is 9.97 Å². The Kier molecular flexibility index (Phi) is 3.20. The zero-order valence-electron chi connectivity index (χ0n) is 9.48. The van der Waals surface area contributed by atoms with Gasteiger partial charge >= 0.3 is 6.18 Å². The van der Waals surface area contributed by atoms with Gasteiger partial charge in [0.1, 0.15) is 0 Å². The van der Waals surface area contributed by atoms with E-state index in [-0.39, 0.29) is 11.6 Å². The molecule has 0 amide bonds. The summed E-state index contributed by atoms with van der Waals surface area (Å²) in [5, 5.41) is 0. The summed E-state index contributed by atoms with van der Waals surface area (Å²) in [4.78, 5) is 18.5. The van der Waals surface area contributed by atoms with Gasteiger partial charge in [0, 0.05) is 11.8 Å². The fraction of sp³-hybridized carbons (Fsp3) is 0.0833. The molecule has 0 aliphatic rings. The Balaban J connectivity index is 2.61. The highest BCUT2D eigenvalue weighted by Gasteiger charge is 2.41. The summed E-state index contributed by atoms with van der Waals surface area (Å²) in [7, 11) is 0. The maximum atomic E-state index is 12.5. The average Bonchev–Trinajstić information content (AvgIpc) is 2.38. The largest absolute Gasteiger partial charge is 0.455 e. The van der Waals surface area contributed by atoms with Crippen molar-refractivity contribution in [3.8, 4) is 11.3 Å². The maximum absolute atomic E-state index is 12.5. The van der Waals surface area contributed by atoms with E-state index in [1.54, 1.807) is 18.2 Å². The molecule has 0 radical (unpaired) electrons. The lowest BCUT2D eigenvalue weighted by Crippen LogP contribution is -2.24. The van der Waals surface area contributed by atoms with Crippen LogP contribution in [-0.4, -0.2) is 21.9 Å². The van der Waals surface area contributed by atoms with Gasteiger partial charge in [0.05, 0.1) is 11.3 Å². The highest BCUT2D eigenvalue weighted by molar-refractivity contribution is 6.04. The van der Waals surface area contributed by atoms with Crippen LogP contribution < -0.4 is 5.73 Å². The second-order valence-corrected chi connectivity index (χ2v) is 3.68. The van der Waals surface area contributed by atoms with Crippen molar-refractivity contribution in [2.24, 2.45) is 0 Å². The highest BCUT2D eigenvalue weighted by atomic mass is 19.4. The molecule has 1 aromatic carbocycles. The lowest BCUT2D eigenvalue weighted by atomic mass is 10.0. The van der Waals surface area contributed by atoms with E-state index in [9.17, 15) is 18.0 Å². The van der Waals surface area contributed by atoms with Gasteiger partial charge in [-0.15, -0.1) is 0 Å². The van der Waals surface area contributed by atoms with Crippen molar-refractivity contribution in [1.82, 2.24) is 9.97 Å². The summed E-state index contributed by atoms with van der Waals surface area (Å²) in [6.45, 7) is 0. The number of hydrogen-bond acceptors (Lipinski definition) is 4. The van der Waals surface area contributed by atoms with Crippen LogP contribution in [-0.2, 0) is 0 Å². The van der Waals surface area contributed by atoms with Gasteiger partial charge < -0.3 is 5.73 Å². The van der Waals surface area contributed by atoms with Gasteiger partial charge in [-0.1, -0.05) is 30.3 Å². The molecule has 1 aromatic heterocycles. The minimum atomic E-state index is -4.98. The van der Waals surface area contributed by atoms with Crippen molar-refractivity contribution in [2.45, 2.75) is 6.18 Å². The van der Waals surface area contributed by atoms with Gasteiger partial charge in [-0.25, -0.2) is 9.97 Å². The van der Waals surface area contributed by atoms with E-state index in [1.807, 2.05) is 0 Å². The van der Waals surface area contributed by atoms with Crippen LogP contribution in [0.15, 0.2) is 36.5 Å². The summed E-state index contributed by atoms with van der Waals surface area (Å²) in [6, 6.07) is 8.01. The lowest BCUT2D eigenvalue weighted by Gasteiger charge is -2.10. The minimum Gasteiger partial charge on any atom is -0.368 e. The summed E-state index contributed by atoms with van der Waals surface area (Å²) in [6.07, 6.45) is -4.19. The number of nitrogens with two attached hydrogens (primary N) is 1. The van der Waals surface area contributed by atoms with E-state index in [1.165, 1.54) is 12.1 Å². The van der Waals surface area contributed by atoms with E-state index in [0.29, 0.717) is 5.56 Å². The fourth-order valence-corrected chi connectivity index (χ4v) is 1.53. The normalized spacial score (nSPS) is 11.3. The number of ketones is 1. The van der Waals surface area contributed by atoms with Crippen LogP contribution in [0, 0.1) is 0 Å². The van der Waals surface area contributed by atoms with Crippen LogP contribution in [0.2, 0.25) is 0 Å². The predicted octanol–water partition coefficient (Wildman–Crippen LogP) is 2.47. The molecule has 2 aromatic rings.